The summed E-state index contributed by atoms with van der Waals surface area (Å²) in [6, 6.07) is 39.6. The maximum absolute atomic E-state index is 6.86. The van der Waals surface area contributed by atoms with Crippen LogP contribution in [0, 0.1) is 0 Å². The van der Waals surface area contributed by atoms with Crippen LogP contribution in [-0.4, -0.2) is 0 Å². The van der Waals surface area contributed by atoms with Gasteiger partial charge >= 0.3 is 0 Å². The first-order valence-electron chi connectivity index (χ1n) is 10.6. The molecule has 0 saturated heterocycles. The number of fused-ring (bicyclic) bond motifs is 3. The highest BCUT2D eigenvalue weighted by atomic mass is 35.5. The molecular weight excluding hydrogens is 412 g/mol. The zero-order valence-electron chi connectivity index (χ0n) is 17.3. The van der Waals surface area contributed by atoms with Crippen molar-refractivity contribution < 1.29 is 4.42 Å². The third kappa shape index (κ3) is 3.10. The Bertz CT molecular complexity index is 1580. The molecule has 6 rings (SSSR count). The first kappa shape index (κ1) is 18.9. The highest BCUT2D eigenvalue weighted by Crippen LogP contribution is 2.44. The Labute approximate surface area is 191 Å². The lowest BCUT2D eigenvalue weighted by Crippen LogP contribution is -1.89. The molecule has 1 aromatic heterocycles. The second kappa shape index (κ2) is 7.71. The molecule has 0 amide bonds. The number of rotatable bonds is 3. The number of hydrogen-bond acceptors (Lipinski definition) is 1. The molecule has 0 fully saturated rings. The van der Waals surface area contributed by atoms with Gasteiger partial charge in [0.15, 0.2) is 0 Å². The van der Waals surface area contributed by atoms with Gasteiger partial charge in [-0.1, -0.05) is 103 Å². The van der Waals surface area contributed by atoms with Crippen LogP contribution in [0.1, 0.15) is 0 Å². The van der Waals surface area contributed by atoms with Crippen LogP contribution in [-0.2, 0) is 0 Å². The molecule has 0 radical (unpaired) electrons. The Morgan fingerprint density at radius 3 is 2.06 bits per heavy atom. The molecule has 0 bridgehead atoms. The summed E-state index contributed by atoms with van der Waals surface area (Å²) >= 11 is 6.86. The molecule has 1 heterocycles. The second-order valence-electron chi connectivity index (χ2n) is 7.89. The molecule has 0 unspecified atom stereocenters. The van der Waals surface area contributed by atoms with E-state index in [2.05, 4.69) is 66.7 Å². The Kier molecular flexibility index (Phi) is 4.56. The van der Waals surface area contributed by atoms with Crippen molar-refractivity contribution in [1.82, 2.24) is 0 Å². The van der Waals surface area contributed by atoms with E-state index in [1.54, 1.807) is 0 Å². The molecule has 2 heteroatoms. The molecule has 1 nitrogen and oxygen atoms in total. The Hall–Kier alpha value is -3.81. The first-order valence-corrected chi connectivity index (χ1v) is 11.0. The van der Waals surface area contributed by atoms with Crippen molar-refractivity contribution in [3.05, 3.63) is 120 Å². The van der Waals surface area contributed by atoms with Crippen molar-refractivity contribution in [3.8, 4) is 33.4 Å². The Morgan fingerprint density at radius 2 is 1.16 bits per heavy atom. The fourth-order valence-corrected chi connectivity index (χ4v) is 4.79. The standard InChI is InChI=1S/C30H19ClO/c31-26-16-7-14-23(22-12-6-11-21(19-22)20-9-2-1-3-10-20)29(26)25-15-8-18-28-30(25)24-13-4-5-17-27(24)32-28/h1-19H. The van der Waals surface area contributed by atoms with Gasteiger partial charge in [0.05, 0.1) is 0 Å². The molecule has 0 aliphatic rings. The fraction of sp³-hybridized carbons (Fsp3) is 0. The molecule has 0 spiro atoms. The summed E-state index contributed by atoms with van der Waals surface area (Å²) in [4.78, 5) is 0. The summed E-state index contributed by atoms with van der Waals surface area (Å²) in [5.74, 6) is 0. The van der Waals surface area contributed by atoms with Gasteiger partial charge in [-0.25, -0.2) is 0 Å². The van der Waals surface area contributed by atoms with Crippen LogP contribution in [0.25, 0.3) is 55.3 Å². The lowest BCUT2D eigenvalue weighted by Gasteiger charge is -2.14. The van der Waals surface area contributed by atoms with Gasteiger partial charge in [-0.2, -0.15) is 0 Å². The Balaban J connectivity index is 1.62. The van der Waals surface area contributed by atoms with E-state index in [0.29, 0.717) is 0 Å². The predicted octanol–water partition coefficient (Wildman–Crippen LogP) is 9.24. The molecule has 0 atom stereocenters. The minimum atomic E-state index is 0.727. The number of halogens is 1. The van der Waals surface area contributed by atoms with Crippen LogP contribution in [0.15, 0.2) is 120 Å². The third-order valence-corrected chi connectivity index (χ3v) is 6.28. The van der Waals surface area contributed by atoms with Gasteiger partial charge in [0.2, 0.25) is 0 Å². The molecule has 0 aliphatic heterocycles. The molecule has 152 valence electrons. The van der Waals surface area contributed by atoms with Crippen molar-refractivity contribution >= 4 is 33.5 Å². The maximum atomic E-state index is 6.86. The fourth-order valence-electron chi connectivity index (χ4n) is 4.52. The van der Waals surface area contributed by atoms with Crippen LogP contribution in [0.2, 0.25) is 5.02 Å². The van der Waals surface area contributed by atoms with E-state index in [0.717, 1.165) is 49.2 Å². The van der Waals surface area contributed by atoms with Gasteiger partial charge in [0, 0.05) is 21.4 Å². The van der Waals surface area contributed by atoms with E-state index in [4.69, 9.17) is 16.0 Å². The van der Waals surface area contributed by atoms with Crippen LogP contribution in [0.4, 0.5) is 0 Å². The summed E-state index contributed by atoms with van der Waals surface area (Å²) in [5, 5.41) is 2.92. The van der Waals surface area contributed by atoms with E-state index in [9.17, 15) is 0 Å². The largest absolute Gasteiger partial charge is 0.456 e. The smallest absolute Gasteiger partial charge is 0.136 e. The SMILES string of the molecule is Clc1cccc(-c2cccc(-c3ccccc3)c2)c1-c1cccc2oc3ccccc3c12. The van der Waals surface area contributed by atoms with Crippen molar-refractivity contribution in [2.24, 2.45) is 0 Å². The summed E-state index contributed by atoms with van der Waals surface area (Å²) in [7, 11) is 0. The van der Waals surface area contributed by atoms with Gasteiger partial charge in [-0.3, -0.25) is 0 Å². The zero-order chi connectivity index (χ0) is 21.5. The van der Waals surface area contributed by atoms with Gasteiger partial charge in [-0.05, 0) is 52.1 Å². The van der Waals surface area contributed by atoms with Gasteiger partial charge in [0.25, 0.3) is 0 Å². The van der Waals surface area contributed by atoms with Crippen LogP contribution in [0.5, 0.6) is 0 Å². The number of furan rings is 1. The van der Waals surface area contributed by atoms with Crippen molar-refractivity contribution in [2.75, 3.05) is 0 Å². The number of benzene rings is 5. The highest BCUT2D eigenvalue weighted by molar-refractivity contribution is 6.35. The molecule has 0 aliphatic carbocycles. The normalized spacial score (nSPS) is 11.3. The minimum absolute atomic E-state index is 0.727. The molecule has 32 heavy (non-hydrogen) atoms. The lowest BCUT2D eigenvalue weighted by molar-refractivity contribution is 0.669. The molecule has 0 N–H and O–H groups in total. The summed E-state index contributed by atoms with van der Waals surface area (Å²) < 4.78 is 6.13. The van der Waals surface area contributed by atoms with E-state index < -0.39 is 0 Å². The van der Waals surface area contributed by atoms with Crippen molar-refractivity contribution in [3.63, 3.8) is 0 Å². The number of hydrogen-bond donors (Lipinski definition) is 0. The molecular formula is C30H19ClO. The zero-order valence-corrected chi connectivity index (χ0v) is 18.0. The van der Waals surface area contributed by atoms with Crippen molar-refractivity contribution in [2.45, 2.75) is 0 Å². The van der Waals surface area contributed by atoms with Gasteiger partial charge in [0.1, 0.15) is 11.2 Å². The quantitative estimate of drug-likeness (QED) is 0.272. The van der Waals surface area contributed by atoms with Crippen LogP contribution >= 0.6 is 11.6 Å². The second-order valence-corrected chi connectivity index (χ2v) is 8.29. The molecule has 5 aromatic carbocycles. The summed E-state index contributed by atoms with van der Waals surface area (Å²) in [6.07, 6.45) is 0. The average molecular weight is 431 g/mol. The van der Waals surface area contributed by atoms with Crippen LogP contribution < -0.4 is 0 Å². The third-order valence-electron chi connectivity index (χ3n) is 5.97. The minimum Gasteiger partial charge on any atom is -0.456 e. The van der Waals surface area contributed by atoms with E-state index in [1.807, 2.05) is 48.5 Å². The van der Waals surface area contributed by atoms with E-state index in [1.165, 1.54) is 11.1 Å². The first-order chi connectivity index (χ1) is 15.8. The van der Waals surface area contributed by atoms with Gasteiger partial charge < -0.3 is 4.42 Å². The van der Waals surface area contributed by atoms with E-state index in [-0.39, 0.29) is 0 Å². The molecule has 6 aromatic rings. The highest BCUT2D eigenvalue weighted by Gasteiger charge is 2.18. The topological polar surface area (TPSA) is 13.1 Å². The molecule has 0 saturated carbocycles. The van der Waals surface area contributed by atoms with Gasteiger partial charge in [-0.15, -0.1) is 0 Å². The number of para-hydroxylation sites is 1. The van der Waals surface area contributed by atoms with Crippen molar-refractivity contribution in [1.29, 1.82) is 0 Å². The van der Waals surface area contributed by atoms with E-state index >= 15 is 0 Å². The lowest BCUT2D eigenvalue weighted by atomic mass is 9.90. The monoisotopic (exact) mass is 430 g/mol. The average Bonchev–Trinajstić information content (AvgIpc) is 3.24. The summed E-state index contributed by atoms with van der Waals surface area (Å²) in [6.45, 7) is 0. The Morgan fingerprint density at radius 1 is 0.500 bits per heavy atom. The predicted molar refractivity (Wildman–Crippen MR) is 135 cm³/mol. The summed E-state index contributed by atoms with van der Waals surface area (Å²) in [5.41, 5.74) is 8.47. The maximum Gasteiger partial charge on any atom is 0.136 e. The van der Waals surface area contributed by atoms with Crippen LogP contribution in [0.3, 0.4) is 0 Å².